The zero-order chi connectivity index (χ0) is 14.0. The standard InChI is InChI=1S/C14H22N4O/c1-10(19)18-6-5-11(8-18)17-13-7-12(14(2,3)4)15-9-16-13/h7,9,11H,5-6,8H2,1-4H3,(H,15,16,17)/t11-/m0/s1. The highest BCUT2D eigenvalue weighted by Crippen LogP contribution is 2.22. The third-order valence-electron chi connectivity index (χ3n) is 3.42. The van der Waals surface area contributed by atoms with Gasteiger partial charge < -0.3 is 10.2 Å². The van der Waals surface area contributed by atoms with Gasteiger partial charge in [-0.15, -0.1) is 0 Å². The Morgan fingerprint density at radius 2 is 2.16 bits per heavy atom. The lowest BCUT2D eigenvalue weighted by Gasteiger charge is -2.19. The summed E-state index contributed by atoms with van der Waals surface area (Å²) in [5, 5.41) is 3.39. The highest BCUT2D eigenvalue weighted by Gasteiger charge is 2.24. The third kappa shape index (κ3) is 3.43. The van der Waals surface area contributed by atoms with Gasteiger partial charge in [-0.1, -0.05) is 20.8 Å². The van der Waals surface area contributed by atoms with Crippen LogP contribution in [0.4, 0.5) is 5.82 Å². The van der Waals surface area contributed by atoms with Crippen molar-refractivity contribution in [3.8, 4) is 0 Å². The summed E-state index contributed by atoms with van der Waals surface area (Å²) in [6.07, 6.45) is 2.56. The highest BCUT2D eigenvalue weighted by atomic mass is 16.2. The van der Waals surface area contributed by atoms with Gasteiger partial charge in [0, 0.05) is 37.5 Å². The number of nitrogens with zero attached hydrogens (tertiary/aromatic N) is 3. The normalized spacial score (nSPS) is 19.6. The molecule has 0 aromatic carbocycles. The van der Waals surface area contributed by atoms with Gasteiger partial charge in [-0.2, -0.15) is 0 Å². The van der Waals surface area contributed by atoms with E-state index in [0.717, 1.165) is 31.0 Å². The number of hydrogen-bond acceptors (Lipinski definition) is 4. The molecule has 2 heterocycles. The molecule has 1 fully saturated rings. The van der Waals surface area contributed by atoms with E-state index >= 15 is 0 Å². The second-order valence-corrected chi connectivity index (χ2v) is 6.13. The molecule has 2 rings (SSSR count). The molecule has 1 atom stereocenters. The SMILES string of the molecule is CC(=O)N1CC[C@H](Nc2cc(C(C)(C)C)ncn2)C1. The Kier molecular flexibility index (Phi) is 3.73. The first-order valence-corrected chi connectivity index (χ1v) is 6.71. The number of hydrogen-bond donors (Lipinski definition) is 1. The summed E-state index contributed by atoms with van der Waals surface area (Å²) >= 11 is 0. The van der Waals surface area contributed by atoms with Gasteiger partial charge in [0.15, 0.2) is 0 Å². The molecule has 0 saturated carbocycles. The fourth-order valence-electron chi connectivity index (χ4n) is 2.22. The lowest BCUT2D eigenvalue weighted by atomic mass is 9.92. The Labute approximate surface area is 114 Å². The van der Waals surface area contributed by atoms with E-state index in [1.165, 1.54) is 0 Å². The lowest BCUT2D eigenvalue weighted by Crippen LogP contribution is -2.29. The number of nitrogens with one attached hydrogen (secondary N) is 1. The molecule has 0 bridgehead atoms. The average molecular weight is 262 g/mol. The van der Waals surface area contributed by atoms with Crippen LogP contribution in [0.1, 0.15) is 39.8 Å². The van der Waals surface area contributed by atoms with Crippen molar-refractivity contribution >= 4 is 11.7 Å². The Hall–Kier alpha value is -1.65. The lowest BCUT2D eigenvalue weighted by molar-refractivity contribution is -0.127. The maximum absolute atomic E-state index is 11.3. The molecule has 1 N–H and O–H groups in total. The van der Waals surface area contributed by atoms with E-state index in [4.69, 9.17) is 0 Å². The number of carbonyl (C=O) groups excluding carboxylic acids is 1. The van der Waals surface area contributed by atoms with Gasteiger partial charge in [-0.3, -0.25) is 4.79 Å². The Balaban J connectivity index is 2.03. The molecule has 19 heavy (non-hydrogen) atoms. The van der Waals surface area contributed by atoms with Gasteiger partial charge in [0.2, 0.25) is 5.91 Å². The first-order valence-electron chi connectivity index (χ1n) is 6.71. The summed E-state index contributed by atoms with van der Waals surface area (Å²) in [5.74, 6) is 0.984. The molecule has 1 aliphatic rings. The topological polar surface area (TPSA) is 58.1 Å². The molecule has 1 amide bonds. The Morgan fingerprint density at radius 3 is 2.74 bits per heavy atom. The van der Waals surface area contributed by atoms with Crippen molar-refractivity contribution in [2.45, 2.75) is 45.6 Å². The quantitative estimate of drug-likeness (QED) is 0.883. The molecular weight excluding hydrogens is 240 g/mol. The molecule has 0 spiro atoms. The van der Waals surface area contributed by atoms with Crippen molar-refractivity contribution in [2.24, 2.45) is 0 Å². The second-order valence-electron chi connectivity index (χ2n) is 6.13. The summed E-state index contributed by atoms with van der Waals surface area (Å²) in [5.41, 5.74) is 1.03. The van der Waals surface area contributed by atoms with Gasteiger partial charge in [0.25, 0.3) is 0 Å². The van der Waals surface area contributed by atoms with Gasteiger partial charge in [0.1, 0.15) is 12.1 Å². The van der Waals surface area contributed by atoms with Crippen molar-refractivity contribution in [3.63, 3.8) is 0 Å². The number of likely N-dealkylation sites (tertiary alicyclic amines) is 1. The molecule has 0 aliphatic carbocycles. The molecule has 1 aliphatic heterocycles. The van der Waals surface area contributed by atoms with E-state index in [1.54, 1.807) is 13.3 Å². The van der Waals surface area contributed by atoms with Crippen LogP contribution in [0.25, 0.3) is 0 Å². The minimum Gasteiger partial charge on any atom is -0.365 e. The zero-order valence-electron chi connectivity index (χ0n) is 12.1. The fourth-order valence-corrected chi connectivity index (χ4v) is 2.22. The maximum atomic E-state index is 11.3. The molecule has 5 nitrogen and oxygen atoms in total. The van der Waals surface area contributed by atoms with Crippen molar-refractivity contribution in [2.75, 3.05) is 18.4 Å². The minimum atomic E-state index is 0.0144. The van der Waals surface area contributed by atoms with Crippen molar-refractivity contribution < 1.29 is 4.79 Å². The molecule has 0 radical (unpaired) electrons. The highest BCUT2D eigenvalue weighted by molar-refractivity contribution is 5.73. The van der Waals surface area contributed by atoms with Crippen LogP contribution in [-0.4, -0.2) is 39.9 Å². The predicted octanol–water partition coefficient (Wildman–Crippen LogP) is 1.81. The van der Waals surface area contributed by atoms with Crippen LogP contribution in [0.15, 0.2) is 12.4 Å². The van der Waals surface area contributed by atoms with Crippen LogP contribution in [-0.2, 0) is 10.2 Å². The van der Waals surface area contributed by atoms with Crippen LogP contribution in [0.3, 0.4) is 0 Å². The third-order valence-corrected chi connectivity index (χ3v) is 3.42. The number of anilines is 1. The van der Waals surface area contributed by atoms with E-state index in [0.29, 0.717) is 0 Å². The van der Waals surface area contributed by atoms with Crippen LogP contribution >= 0.6 is 0 Å². The number of carbonyl (C=O) groups is 1. The summed E-state index contributed by atoms with van der Waals surface area (Å²) in [7, 11) is 0. The monoisotopic (exact) mass is 262 g/mol. The summed E-state index contributed by atoms with van der Waals surface area (Å²) in [6.45, 7) is 9.59. The van der Waals surface area contributed by atoms with E-state index < -0.39 is 0 Å². The summed E-state index contributed by atoms with van der Waals surface area (Å²) in [4.78, 5) is 21.7. The Bertz CT molecular complexity index is 467. The molecule has 104 valence electrons. The smallest absolute Gasteiger partial charge is 0.219 e. The number of rotatable bonds is 2. The van der Waals surface area contributed by atoms with Crippen molar-refractivity contribution in [1.82, 2.24) is 14.9 Å². The van der Waals surface area contributed by atoms with E-state index in [9.17, 15) is 4.79 Å². The minimum absolute atomic E-state index is 0.0144. The van der Waals surface area contributed by atoms with E-state index in [2.05, 4.69) is 36.1 Å². The molecular formula is C14H22N4O. The molecule has 5 heteroatoms. The summed E-state index contributed by atoms with van der Waals surface area (Å²) in [6, 6.07) is 2.28. The first-order chi connectivity index (χ1) is 8.86. The van der Waals surface area contributed by atoms with Crippen LogP contribution in [0, 0.1) is 0 Å². The van der Waals surface area contributed by atoms with E-state index in [-0.39, 0.29) is 17.4 Å². The van der Waals surface area contributed by atoms with Gasteiger partial charge in [-0.05, 0) is 6.42 Å². The van der Waals surface area contributed by atoms with Crippen molar-refractivity contribution in [3.05, 3.63) is 18.1 Å². The number of aromatic nitrogens is 2. The fraction of sp³-hybridized carbons (Fsp3) is 0.643. The average Bonchev–Trinajstić information content (AvgIpc) is 2.77. The second kappa shape index (κ2) is 5.15. The maximum Gasteiger partial charge on any atom is 0.219 e. The molecule has 1 aromatic rings. The van der Waals surface area contributed by atoms with Crippen LogP contribution in [0.5, 0.6) is 0 Å². The van der Waals surface area contributed by atoms with Crippen LogP contribution in [0.2, 0.25) is 0 Å². The van der Waals surface area contributed by atoms with E-state index in [1.807, 2.05) is 11.0 Å². The van der Waals surface area contributed by atoms with Gasteiger partial charge >= 0.3 is 0 Å². The largest absolute Gasteiger partial charge is 0.365 e. The first kappa shape index (κ1) is 13.8. The Morgan fingerprint density at radius 1 is 1.42 bits per heavy atom. The van der Waals surface area contributed by atoms with Gasteiger partial charge in [-0.25, -0.2) is 9.97 Å². The van der Waals surface area contributed by atoms with Crippen molar-refractivity contribution in [1.29, 1.82) is 0 Å². The zero-order valence-corrected chi connectivity index (χ0v) is 12.1. The summed E-state index contributed by atoms with van der Waals surface area (Å²) < 4.78 is 0. The molecule has 0 unspecified atom stereocenters. The predicted molar refractivity (Wildman–Crippen MR) is 75.0 cm³/mol. The van der Waals surface area contributed by atoms with Crippen LogP contribution < -0.4 is 5.32 Å². The molecule has 1 aromatic heterocycles. The number of amides is 1. The molecule has 1 saturated heterocycles. The van der Waals surface area contributed by atoms with Gasteiger partial charge in [0.05, 0.1) is 5.69 Å².